The van der Waals surface area contributed by atoms with Gasteiger partial charge in [0.15, 0.2) is 5.96 Å². The SMILES string of the molecule is CN=C(NCC#Cc1cccc(C(F)(F)F)c1)NC1CC(C)N(C2CC2)C1.I. The highest BCUT2D eigenvalue weighted by molar-refractivity contribution is 14.0. The van der Waals surface area contributed by atoms with Gasteiger partial charge in [-0.3, -0.25) is 9.89 Å². The van der Waals surface area contributed by atoms with Crippen molar-refractivity contribution in [1.29, 1.82) is 0 Å². The summed E-state index contributed by atoms with van der Waals surface area (Å²) in [6.45, 7) is 3.59. The summed E-state index contributed by atoms with van der Waals surface area (Å²) in [5.74, 6) is 6.29. The largest absolute Gasteiger partial charge is 0.416 e. The quantitative estimate of drug-likeness (QED) is 0.286. The molecule has 0 radical (unpaired) electrons. The number of aliphatic imine (C=N–C) groups is 1. The van der Waals surface area contributed by atoms with Gasteiger partial charge in [0.05, 0.1) is 12.1 Å². The van der Waals surface area contributed by atoms with E-state index in [0.29, 0.717) is 30.2 Å². The Bertz CT molecular complexity index is 750. The number of halogens is 4. The fourth-order valence-electron chi connectivity index (χ4n) is 3.51. The molecule has 8 heteroatoms. The molecule has 1 saturated heterocycles. The van der Waals surface area contributed by atoms with Gasteiger partial charge >= 0.3 is 6.18 Å². The second-order valence-corrected chi connectivity index (χ2v) is 7.16. The van der Waals surface area contributed by atoms with Gasteiger partial charge in [0, 0.05) is 37.3 Å². The van der Waals surface area contributed by atoms with E-state index in [0.717, 1.165) is 31.1 Å². The van der Waals surface area contributed by atoms with Crippen LogP contribution in [0.2, 0.25) is 0 Å². The third kappa shape index (κ3) is 6.27. The lowest BCUT2D eigenvalue weighted by atomic mass is 10.1. The van der Waals surface area contributed by atoms with Crippen LogP contribution in [0.15, 0.2) is 29.3 Å². The first-order valence-electron chi connectivity index (χ1n) is 9.26. The molecule has 2 atom stereocenters. The molecule has 28 heavy (non-hydrogen) atoms. The summed E-state index contributed by atoms with van der Waals surface area (Å²) >= 11 is 0. The van der Waals surface area contributed by atoms with E-state index in [1.165, 1.54) is 18.9 Å². The molecule has 1 saturated carbocycles. The van der Waals surface area contributed by atoms with E-state index in [1.54, 1.807) is 13.1 Å². The van der Waals surface area contributed by atoms with Crippen LogP contribution in [0, 0.1) is 11.8 Å². The van der Waals surface area contributed by atoms with Crippen molar-refractivity contribution in [3.63, 3.8) is 0 Å². The van der Waals surface area contributed by atoms with Gasteiger partial charge in [-0.2, -0.15) is 13.2 Å². The highest BCUT2D eigenvalue weighted by Gasteiger charge is 2.38. The molecule has 2 fully saturated rings. The lowest BCUT2D eigenvalue weighted by Gasteiger charge is -2.20. The van der Waals surface area contributed by atoms with E-state index in [2.05, 4.69) is 39.3 Å². The average Bonchev–Trinajstić information content (AvgIpc) is 3.40. The van der Waals surface area contributed by atoms with E-state index >= 15 is 0 Å². The molecule has 2 unspecified atom stereocenters. The zero-order valence-electron chi connectivity index (χ0n) is 16.0. The molecule has 1 heterocycles. The minimum atomic E-state index is -4.35. The molecule has 0 spiro atoms. The molecule has 0 aromatic heterocycles. The molecule has 1 aromatic rings. The van der Waals surface area contributed by atoms with Gasteiger partial charge in [0.2, 0.25) is 0 Å². The Labute approximate surface area is 181 Å². The molecule has 1 aliphatic carbocycles. The number of rotatable bonds is 3. The van der Waals surface area contributed by atoms with E-state index in [-0.39, 0.29) is 24.0 Å². The van der Waals surface area contributed by atoms with E-state index in [1.807, 2.05) is 0 Å². The first-order chi connectivity index (χ1) is 12.9. The summed E-state index contributed by atoms with van der Waals surface area (Å²) in [4.78, 5) is 6.77. The maximum absolute atomic E-state index is 12.7. The predicted octanol–water partition coefficient (Wildman–Crippen LogP) is 3.47. The van der Waals surface area contributed by atoms with Crippen molar-refractivity contribution in [2.75, 3.05) is 20.1 Å². The zero-order valence-corrected chi connectivity index (χ0v) is 18.3. The second-order valence-electron chi connectivity index (χ2n) is 7.16. The molecule has 0 amide bonds. The molecule has 3 rings (SSSR count). The molecule has 154 valence electrons. The first kappa shape index (κ1) is 22.8. The van der Waals surface area contributed by atoms with Crippen molar-refractivity contribution < 1.29 is 13.2 Å². The van der Waals surface area contributed by atoms with Gasteiger partial charge in [-0.25, -0.2) is 0 Å². The molecule has 2 N–H and O–H groups in total. The number of likely N-dealkylation sites (tertiary alicyclic amines) is 1. The summed E-state index contributed by atoms with van der Waals surface area (Å²) in [5.41, 5.74) is -0.338. The Morgan fingerprint density at radius 3 is 2.71 bits per heavy atom. The number of nitrogens with one attached hydrogen (secondary N) is 2. The zero-order chi connectivity index (χ0) is 19.4. The van der Waals surface area contributed by atoms with Gasteiger partial charge in [0.25, 0.3) is 0 Å². The fourth-order valence-corrected chi connectivity index (χ4v) is 3.51. The Hall–Kier alpha value is -1.47. The summed E-state index contributed by atoms with van der Waals surface area (Å²) in [7, 11) is 1.70. The van der Waals surface area contributed by atoms with Crippen LogP contribution in [0.5, 0.6) is 0 Å². The summed E-state index contributed by atoms with van der Waals surface area (Å²) < 4.78 is 38.2. The van der Waals surface area contributed by atoms with Crippen molar-refractivity contribution >= 4 is 29.9 Å². The maximum atomic E-state index is 12.7. The topological polar surface area (TPSA) is 39.7 Å². The highest BCUT2D eigenvalue weighted by atomic mass is 127. The molecule has 4 nitrogen and oxygen atoms in total. The molecular formula is C20H26F3IN4. The van der Waals surface area contributed by atoms with Crippen molar-refractivity contribution in [2.45, 2.75) is 50.5 Å². The minimum absolute atomic E-state index is 0. The van der Waals surface area contributed by atoms with E-state index in [9.17, 15) is 13.2 Å². The first-order valence-corrected chi connectivity index (χ1v) is 9.26. The maximum Gasteiger partial charge on any atom is 0.416 e. The normalized spacial score (nSPS) is 22.8. The van der Waals surface area contributed by atoms with Gasteiger partial charge in [-0.05, 0) is 44.4 Å². The van der Waals surface area contributed by atoms with Crippen LogP contribution < -0.4 is 10.6 Å². The number of benzene rings is 1. The molecule has 2 aliphatic rings. The van der Waals surface area contributed by atoms with Crippen molar-refractivity contribution in [3.05, 3.63) is 35.4 Å². The van der Waals surface area contributed by atoms with Crippen molar-refractivity contribution in [1.82, 2.24) is 15.5 Å². The van der Waals surface area contributed by atoms with Crippen LogP contribution in [0.3, 0.4) is 0 Å². The van der Waals surface area contributed by atoms with Gasteiger partial charge in [-0.15, -0.1) is 24.0 Å². The highest BCUT2D eigenvalue weighted by Crippen LogP contribution is 2.33. The van der Waals surface area contributed by atoms with Crippen LogP contribution in [-0.4, -0.2) is 49.1 Å². The number of hydrogen-bond donors (Lipinski definition) is 2. The van der Waals surface area contributed by atoms with Crippen LogP contribution in [0.1, 0.15) is 37.3 Å². The van der Waals surface area contributed by atoms with Crippen molar-refractivity contribution in [3.8, 4) is 11.8 Å². The summed E-state index contributed by atoms with van der Waals surface area (Å²) in [6, 6.07) is 6.72. The Morgan fingerprint density at radius 1 is 1.32 bits per heavy atom. The van der Waals surface area contributed by atoms with Crippen molar-refractivity contribution in [2.24, 2.45) is 4.99 Å². The lowest BCUT2D eigenvalue weighted by molar-refractivity contribution is -0.137. The van der Waals surface area contributed by atoms with Gasteiger partial charge in [-0.1, -0.05) is 17.9 Å². The standard InChI is InChI=1S/C20H25F3N4.HI/c1-14-11-17(13-27(14)18-8-9-18)26-19(24-2)25-10-4-6-15-5-3-7-16(12-15)20(21,22)23;/h3,5,7,12,14,17-18H,8-11,13H2,1-2H3,(H2,24,25,26);1H. The average molecular weight is 506 g/mol. The smallest absolute Gasteiger partial charge is 0.352 e. The van der Waals surface area contributed by atoms with Crippen LogP contribution in [-0.2, 0) is 6.18 Å². The van der Waals surface area contributed by atoms with Crippen LogP contribution in [0.25, 0.3) is 0 Å². The number of guanidine groups is 1. The van der Waals surface area contributed by atoms with E-state index in [4.69, 9.17) is 0 Å². The van der Waals surface area contributed by atoms with Gasteiger partial charge in [0.1, 0.15) is 0 Å². The number of alkyl halides is 3. The van der Waals surface area contributed by atoms with E-state index < -0.39 is 11.7 Å². The Balaban J connectivity index is 0.00000280. The Kier molecular flexibility index (Phi) is 8.01. The molecule has 1 aliphatic heterocycles. The molecule has 1 aromatic carbocycles. The molecular weight excluding hydrogens is 480 g/mol. The third-order valence-electron chi connectivity index (χ3n) is 4.97. The predicted molar refractivity (Wildman–Crippen MR) is 116 cm³/mol. The monoisotopic (exact) mass is 506 g/mol. The Morgan fingerprint density at radius 2 is 2.07 bits per heavy atom. The number of hydrogen-bond acceptors (Lipinski definition) is 2. The third-order valence-corrected chi connectivity index (χ3v) is 4.97. The second kappa shape index (κ2) is 9.83. The fraction of sp³-hybridized carbons (Fsp3) is 0.550. The number of nitrogens with zero attached hydrogens (tertiary/aromatic N) is 2. The van der Waals surface area contributed by atoms with Crippen LogP contribution >= 0.6 is 24.0 Å². The minimum Gasteiger partial charge on any atom is -0.352 e. The van der Waals surface area contributed by atoms with Crippen LogP contribution in [0.4, 0.5) is 13.2 Å². The summed E-state index contributed by atoms with van der Waals surface area (Å²) in [5, 5.41) is 6.53. The summed E-state index contributed by atoms with van der Waals surface area (Å²) in [6.07, 6.45) is -0.674. The molecule has 0 bridgehead atoms. The lowest BCUT2D eigenvalue weighted by Crippen LogP contribution is -2.44. The van der Waals surface area contributed by atoms with Gasteiger partial charge < -0.3 is 10.6 Å².